The number of hydrogen-bond donors (Lipinski definition) is 4. The Balaban J connectivity index is 1.32. The number of fused-ring (bicyclic) bond motifs is 6. The van der Waals surface area contributed by atoms with Gasteiger partial charge in [-0.15, -0.1) is 0 Å². The zero-order chi connectivity index (χ0) is 33.0. The molecule has 0 saturated heterocycles. The number of aryl methyl sites for hydroxylation is 4. The lowest BCUT2D eigenvalue weighted by Crippen LogP contribution is -2.07. The molecule has 16 nitrogen and oxygen atoms in total. The van der Waals surface area contributed by atoms with Crippen molar-refractivity contribution in [3.63, 3.8) is 0 Å². The van der Waals surface area contributed by atoms with E-state index in [2.05, 4.69) is 61.2 Å². The Morgan fingerprint density at radius 3 is 0.854 bits per heavy atom. The van der Waals surface area contributed by atoms with E-state index in [1.54, 1.807) is 43.6 Å². The summed E-state index contributed by atoms with van der Waals surface area (Å²) in [5.41, 5.74) is 3.19. The average Bonchev–Trinajstić information content (AvgIpc) is 3.84. The fourth-order valence-electron chi connectivity index (χ4n) is 4.84. The van der Waals surface area contributed by atoms with Crippen molar-refractivity contribution in [3.05, 3.63) is 113 Å². The summed E-state index contributed by atoms with van der Waals surface area (Å²) in [6, 6.07) is 15.3. The Morgan fingerprint density at radius 1 is 0.396 bits per heavy atom. The van der Waals surface area contributed by atoms with Gasteiger partial charge in [-0.05, 0) is 48.9 Å². The number of hydrogen-bond acceptors (Lipinski definition) is 12. The van der Waals surface area contributed by atoms with E-state index in [1.807, 2.05) is 48.5 Å². The van der Waals surface area contributed by atoms with Crippen LogP contribution in [-0.2, 0) is 25.7 Å². The summed E-state index contributed by atoms with van der Waals surface area (Å²) in [5.74, 6) is 2.42. The molecule has 7 rings (SSSR count). The third kappa shape index (κ3) is 6.53. The van der Waals surface area contributed by atoms with E-state index < -0.39 is 0 Å². The molecule has 5 heterocycles. The molecule has 4 N–H and O–H groups in total. The highest BCUT2D eigenvalue weighted by Gasteiger charge is 2.13. The number of aromatic nitrogens is 12. The zero-order valence-corrected chi connectivity index (χ0v) is 28.0. The van der Waals surface area contributed by atoms with Gasteiger partial charge in [0.1, 0.15) is 0 Å². The SMILES string of the molecule is S=c1[nH]nc2n1N=Cc1ccccc1/C=N/n1c(n[nH]c1=S)CCc1n[nH]c(=S)n1/N=C/c1ccccc1/C=N/n1c(n[nH]c1=S)CC2. The third-order valence-corrected chi connectivity index (χ3v) is 8.31. The molecule has 20 heteroatoms. The summed E-state index contributed by atoms with van der Waals surface area (Å²) in [6.45, 7) is 0. The van der Waals surface area contributed by atoms with Crippen LogP contribution >= 0.6 is 48.9 Å². The highest BCUT2D eigenvalue weighted by atomic mass is 32.1. The topological polar surface area (TPSA) is 184 Å². The number of benzene rings is 2. The minimum absolute atomic E-state index is 0.347. The lowest BCUT2D eigenvalue weighted by Gasteiger charge is -2.05. The van der Waals surface area contributed by atoms with Crippen LogP contribution in [0, 0.1) is 19.1 Å². The van der Waals surface area contributed by atoms with Crippen molar-refractivity contribution >= 4 is 73.7 Å². The molecule has 0 amide bonds. The van der Waals surface area contributed by atoms with E-state index in [-0.39, 0.29) is 0 Å². The number of aromatic amines is 4. The Morgan fingerprint density at radius 2 is 0.625 bits per heavy atom. The summed E-state index contributed by atoms with van der Waals surface area (Å²) >= 11 is 22.0. The molecule has 0 unspecified atom stereocenters. The number of H-pyrrole nitrogens is 4. The third-order valence-electron chi connectivity index (χ3n) is 7.26. The van der Waals surface area contributed by atoms with E-state index in [0.717, 1.165) is 22.3 Å². The van der Waals surface area contributed by atoms with Crippen LogP contribution in [0.3, 0.4) is 0 Å². The quantitative estimate of drug-likeness (QED) is 0.170. The average molecular weight is 713 g/mol. The van der Waals surface area contributed by atoms with Gasteiger partial charge in [0.25, 0.3) is 0 Å². The smallest absolute Gasteiger partial charge is 0.216 e. The van der Waals surface area contributed by atoms with E-state index in [9.17, 15) is 0 Å². The molecule has 4 aromatic heterocycles. The lowest BCUT2D eigenvalue weighted by atomic mass is 10.1. The zero-order valence-electron chi connectivity index (χ0n) is 24.8. The van der Waals surface area contributed by atoms with Crippen molar-refractivity contribution in [2.24, 2.45) is 20.4 Å². The molecule has 0 bridgehead atoms. The maximum atomic E-state index is 5.49. The van der Waals surface area contributed by atoms with Crippen molar-refractivity contribution in [2.75, 3.05) is 0 Å². The van der Waals surface area contributed by atoms with Gasteiger partial charge in [0.2, 0.25) is 19.1 Å². The predicted molar refractivity (Wildman–Crippen MR) is 189 cm³/mol. The van der Waals surface area contributed by atoms with Crippen LogP contribution in [0.5, 0.6) is 0 Å². The first-order valence-corrected chi connectivity index (χ1v) is 16.1. The number of nitrogens with zero attached hydrogens (tertiary/aromatic N) is 12. The highest BCUT2D eigenvalue weighted by molar-refractivity contribution is 7.71. The molecule has 6 aromatic rings. The molecule has 48 heavy (non-hydrogen) atoms. The van der Waals surface area contributed by atoms with Gasteiger partial charge in [-0.2, -0.15) is 59.5 Å². The Bertz CT molecular complexity index is 2130. The van der Waals surface area contributed by atoms with Crippen LogP contribution in [0.2, 0.25) is 0 Å². The first kappa shape index (κ1) is 31.2. The fraction of sp³-hybridized carbons (Fsp3) is 0.143. The van der Waals surface area contributed by atoms with Gasteiger partial charge >= 0.3 is 0 Å². The van der Waals surface area contributed by atoms with Gasteiger partial charge in [0, 0.05) is 47.9 Å². The van der Waals surface area contributed by atoms with Gasteiger partial charge < -0.3 is 0 Å². The van der Waals surface area contributed by atoms with Crippen LogP contribution < -0.4 is 0 Å². The summed E-state index contributed by atoms with van der Waals surface area (Å²) in [5, 5.41) is 47.5. The summed E-state index contributed by atoms with van der Waals surface area (Å²) in [4.78, 5) is 0. The standard InChI is InChI=1S/C28H24N16S4/c45-25-37-33-21-9-10-23-35-39-27(47)43(23)31-15-19-7-3-4-8-20(19)16-32-44-24(36-40-28(44)48)12-11-22-34-38-26(46)42(22)30-14-18-6-2-1-5-17(18)13-29-41(21)25/h1-8,13-16H,9-12H2,(H,37,45)(H,38,46)(H,39,47)(H,40,48)/b29-13+,30-14+,31-15+,32-16?. The maximum Gasteiger partial charge on any atom is 0.216 e. The molecule has 0 radical (unpaired) electrons. The van der Waals surface area contributed by atoms with E-state index in [4.69, 9.17) is 48.9 Å². The van der Waals surface area contributed by atoms with E-state index in [0.29, 0.717) is 68.1 Å². The molecular weight excluding hydrogens is 689 g/mol. The van der Waals surface area contributed by atoms with Crippen LogP contribution in [0.1, 0.15) is 45.6 Å². The molecular formula is C28H24N16S4. The summed E-state index contributed by atoms with van der Waals surface area (Å²) < 4.78 is 7.69. The normalized spacial score (nSPS) is 15.5. The second kappa shape index (κ2) is 13.7. The minimum atomic E-state index is 0.347. The van der Waals surface area contributed by atoms with Gasteiger partial charge in [-0.3, -0.25) is 20.4 Å². The molecule has 0 saturated carbocycles. The largest absolute Gasteiger partial charge is 0.250 e. The fourth-order valence-corrected chi connectivity index (χ4v) is 5.63. The van der Waals surface area contributed by atoms with Crippen LogP contribution in [0.4, 0.5) is 0 Å². The lowest BCUT2D eigenvalue weighted by molar-refractivity contribution is 0.698. The number of rotatable bonds is 0. The molecule has 2 aromatic carbocycles. The second-order valence-electron chi connectivity index (χ2n) is 10.3. The molecule has 0 atom stereocenters. The molecule has 1 aliphatic rings. The molecule has 0 aliphatic carbocycles. The van der Waals surface area contributed by atoms with Gasteiger partial charge in [0.15, 0.2) is 23.3 Å². The monoisotopic (exact) mass is 712 g/mol. The highest BCUT2D eigenvalue weighted by Crippen LogP contribution is 2.11. The van der Waals surface area contributed by atoms with Gasteiger partial charge in [0.05, 0.1) is 24.9 Å². The van der Waals surface area contributed by atoms with Gasteiger partial charge in [-0.1, -0.05) is 48.5 Å². The first-order chi connectivity index (χ1) is 23.4. The predicted octanol–water partition coefficient (Wildman–Crippen LogP) is 4.12. The van der Waals surface area contributed by atoms with Crippen LogP contribution in [0.15, 0.2) is 68.9 Å². The summed E-state index contributed by atoms with van der Waals surface area (Å²) in [7, 11) is 0. The Hall–Kier alpha value is -5.44. The number of nitrogens with one attached hydrogen (secondary N) is 4. The van der Waals surface area contributed by atoms with Gasteiger partial charge in [-0.25, -0.2) is 0 Å². The second-order valence-corrected chi connectivity index (χ2v) is 11.8. The van der Waals surface area contributed by atoms with Crippen molar-refractivity contribution in [2.45, 2.75) is 25.7 Å². The molecule has 1 aliphatic heterocycles. The molecule has 0 fully saturated rings. The minimum Gasteiger partial charge on any atom is -0.250 e. The Kier molecular flexibility index (Phi) is 8.92. The molecule has 0 spiro atoms. The van der Waals surface area contributed by atoms with Crippen LogP contribution in [-0.4, -0.2) is 84.4 Å². The first-order valence-electron chi connectivity index (χ1n) is 14.5. The van der Waals surface area contributed by atoms with E-state index in [1.165, 1.54) is 0 Å². The van der Waals surface area contributed by atoms with Crippen molar-refractivity contribution in [3.8, 4) is 0 Å². The Labute approximate surface area is 291 Å². The van der Waals surface area contributed by atoms with Crippen LogP contribution in [0.25, 0.3) is 0 Å². The van der Waals surface area contributed by atoms with Crippen molar-refractivity contribution in [1.29, 1.82) is 0 Å². The van der Waals surface area contributed by atoms with E-state index >= 15 is 0 Å². The van der Waals surface area contributed by atoms with Crippen molar-refractivity contribution < 1.29 is 0 Å². The maximum absolute atomic E-state index is 5.49. The molecule has 240 valence electrons. The summed E-state index contributed by atoms with van der Waals surface area (Å²) in [6.07, 6.45) is 8.58. The van der Waals surface area contributed by atoms with Crippen molar-refractivity contribution in [1.82, 2.24) is 59.5 Å².